The SMILES string of the molecule is C=CC1=C(N=C)CCN(C)C1. The van der Waals surface area contributed by atoms with E-state index in [1.165, 1.54) is 5.57 Å². The molecule has 0 bridgehead atoms. The number of hydrogen-bond acceptors (Lipinski definition) is 2. The van der Waals surface area contributed by atoms with Crippen molar-refractivity contribution in [1.29, 1.82) is 0 Å². The van der Waals surface area contributed by atoms with Gasteiger partial charge >= 0.3 is 0 Å². The highest BCUT2D eigenvalue weighted by atomic mass is 15.1. The summed E-state index contributed by atoms with van der Waals surface area (Å²) in [5.74, 6) is 0. The molecule has 2 nitrogen and oxygen atoms in total. The average molecular weight is 150 g/mol. The van der Waals surface area contributed by atoms with E-state index in [-0.39, 0.29) is 0 Å². The summed E-state index contributed by atoms with van der Waals surface area (Å²) in [6.07, 6.45) is 2.88. The van der Waals surface area contributed by atoms with Crippen molar-refractivity contribution in [2.45, 2.75) is 6.42 Å². The summed E-state index contributed by atoms with van der Waals surface area (Å²) in [4.78, 5) is 6.22. The molecule has 1 rings (SSSR count). The molecule has 0 saturated heterocycles. The van der Waals surface area contributed by atoms with E-state index in [1.807, 2.05) is 6.08 Å². The van der Waals surface area contributed by atoms with E-state index in [0.717, 1.165) is 25.2 Å². The van der Waals surface area contributed by atoms with Gasteiger partial charge in [0.25, 0.3) is 0 Å². The normalized spacial score (nSPS) is 20.1. The molecule has 0 spiro atoms. The largest absolute Gasteiger partial charge is 0.302 e. The maximum absolute atomic E-state index is 3.97. The van der Waals surface area contributed by atoms with Crippen molar-refractivity contribution < 1.29 is 0 Å². The molecule has 0 aliphatic carbocycles. The number of nitrogens with zero attached hydrogens (tertiary/aromatic N) is 2. The van der Waals surface area contributed by atoms with Crippen LogP contribution in [-0.2, 0) is 0 Å². The van der Waals surface area contributed by atoms with Gasteiger partial charge in [0.15, 0.2) is 0 Å². The predicted octanol–water partition coefficient (Wildman–Crippen LogP) is 1.46. The molecule has 60 valence electrons. The Balaban J connectivity index is 2.82. The van der Waals surface area contributed by atoms with Gasteiger partial charge in [0, 0.05) is 25.2 Å². The molecule has 0 unspecified atom stereocenters. The number of hydrogen-bond donors (Lipinski definition) is 0. The van der Waals surface area contributed by atoms with Gasteiger partial charge < -0.3 is 4.90 Å². The molecule has 1 aliphatic heterocycles. The zero-order valence-electron chi connectivity index (χ0n) is 7.01. The van der Waals surface area contributed by atoms with Gasteiger partial charge in [-0.05, 0) is 19.3 Å². The molecular weight excluding hydrogens is 136 g/mol. The predicted molar refractivity (Wildman–Crippen MR) is 48.9 cm³/mol. The second-order valence-electron chi connectivity index (χ2n) is 2.82. The lowest BCUT2D eigenvalue weighted by molar-refractivity contribution is 0.351. The first-order valence-corrected chi connectivity index (χ1v) is 3.77. The van der Waals surface area contributed by atoms with Crippen LogP contribution in [0.25, 0.3) is 0 Å². The van der Waals surface area contributed by atoms with Crippen molar-refractivity contribution in [3.05, 3.63) is 23.9 Å². The minimum atomic E-state index is 0.956. The van der Waals surface area contributed by atoms with Gasteiger partial charge in [-0.25, -0.2) is 0 Å². The highest BCUT2D eigenvalue weighted by molar-refractivity contribution is 5.35. The Morgan fingerprint density at radius 3 is 2.91 bits per heavy atom. The lowest BCUT2D eigenvalue weighted by Gasteiger charge is -2.23. The van der Waals surface area contributed by atoms with Gasteiger partial charge in [0.05, 0.1) is 0 Å². The van der Waals surface area contributed by atoms with E-state index in [9.17, 15) is 0 Å². The van der Waals surface area contributed by atoms with Crippen LogP contribution in [-0.4, -0.2) is 31.8 Å². The van der Waals surface area contributed by atoms with E-state index in [1.54, 1.807) is 0 Å². The summed E-state index contributed by atoms with van der Waals surface area (Å²) in [5, 5.41) is 0. The van der Waals surface area contributed by atoms with Gasteiger partial charge in [0.1, 0.15) is 0 Å². The summed E-state index contributed by atoms with van der Waals surface area (Å²) < 4.78 is 0. The summed E-state index contributed by atoms with van der Waals surface area (Å²) in [6, 6.07) is 0. The van der Waals surface area contributed by atoms with Gasteiger partial charge in [-0.15, -0.1) is 0 Å². The molecule has 2 heteroatoms. The fourth-order valence-corrected chi connectivity index (χ4v) is 1.28. The van der Waals surface area contributed by atoms with E-state index >= 15 is 0 Å². The molecule has 0 saturated carbocycles. The second-order valence-corrected chi connectivity index (χ2v) is 2.82. The first kappa shape index (κ1) is 8.21. The van der Waals surface area contributed by atoms with Crippen LogP contribution in [0.1, 0.15) is 6.42 Å². The molecular formula is C9H14N2. The summed E-state index contributed by atoms with van der Waals surface area (Å²) >= 11 is 0. The van der Waals surface area contributed by atoms with Crippen LogP contribution in [0.5, 0.6) is 0 Å². The van der Waals surface area contributed by atoms with Crippen molar-refractivity contribution in [3.63, 3.8) is 0 Å². The van der Waals surface area contributed by atoms with E-state index < -0.39 is 0 Å². The number of aliphatic imine (C=N–C) groups is 1. The summed E-state index contributed by atoms with van der Waals surface area (Å²) in [6.45, 7) is 9.31. The molecule has 11 heavy (non-hydrogen) atoms. The molecule has 0 atom stereocenters. The third-order valence-corrected chi connectivity index (χ3v) is 1.98. The van der Waals surface area contributed by atoms with Crippen molar-refractivity contribution in [2.75, 3.05) is 20.1 Å². The van der Waals surface area contributed by atoms with Crippen molar-refractivity contribution >= 4 is 6.72 Å². The van der Waals surface area contributed by atoms with Crippen LogP contribution < -0.4 is 0 Å². The Morgan fingerprint density at radius 1 is 1.64 bits per heavy atom. The van der Waals surface area contributed by atoms with Crippen molar-refractivity contribution in [3.8, 4) is 0 Å². The fourth-order valence-electron chi connectivity index (χ4n) is 1.28. The highest BCUT2D eigenvalue weighted by Gasteiger charge is 2.12. The summed E-state index contributed by atoms with van der Waals surface area (Å²) in [5.41, 5.74) is 2.33. The Morgan fingerprint density at radius 2 is 2.36 bits per heavy atom. The first-order chi connectivity index (χ1) is 5.27. The molecule has 0 amide bonds. The zero-order chi connectivity index (χ0) is 8.27. The molecule has 1 aliphatic rings. The topological polar surface area (TPSA) is 15.6 Å². The second kappa shape index (κ2) is 3.49. The maximum Gasteiger partial charge on any atom is 0.0453 e. The quantitative estimate of drug-likeness (QED) is 0.544. The third-order valence-electron chi connectivity index (χ3n) is 1.98. The van der Waals surface area contributed by atoms with Crippen LogP contribution in [0.15, 0.2) is 28.9 Å². The smallest absolute Gasteiger partial charge is 0.0453 e. The van der Waals surface area contributed by atoms with Crippen LogP contribution in [0.2, 0.25) is 0 Å². The lowest BCUT2D eigenvalue weighted by Crippen LogP contribution is -2.26. The van der Waals surface area contributed by atoms with Gasteiger partial charge in [-0.1, -0.05) is 12.7 Å². The monoisotopic (exact) mass is 150 g/mol. The Hall–Kier alpha value is -0.890. The fraction of sp³-hybridized carbons (Fsp3) is 0.444. The molecule has 0 fully saturated rings. The third kappa shape index (κ3) is 1.77. The van der Waals surface area contributed by atoms with Crippen LogP contribution in [0.3, 0.4) is 0 Å². The van der Waals surface area contributed by atoms with Crippen LogP contribution in [0, 0.1) is 0 Å². The number of likely N-dealkylation sites (N-methyl/N-ethyl adjacent to an activating group) is 1. The van der Waals surface area contributed by atoms with E-state index in [0.29, 0.717) is 0 Å². The molecule has 0 aromatic carbocycles. The van der Waals surface area contributed by atoms with E-state index in [4.69, 9.17) is 0 Å². The molecule has 0 N–H and O–H groups in total. The van der Waals surface area contributed by atoms with Crippen LogP contribution in [0.4, 0.5) is 0 Å². The standard InChI is InChI=1S/C9H14N2/c1-4-8-7-11(3)6-5-9(8)10-2/h4H,1-2,5-7H2,3H3. The van der Waals surface area contributed by atoms with E-state index in [2.05, 4.69) is 30.2 Å². The van der Waals surface area contributed by atoms with Gasteiger partial charge in [-0.2, -0.15) is 0 Å². The molecule has 1 heterocycles. The Bertz CT molecular complexity index is 204. The highest BCUT2D eigenvalue weighted by Crippen LogP contribution is 2.17. The molecule has 0 aromatic heterocycles. The first-order valence-electron chi connectivity index (χ1n) is 3.77. The molecule has 0 aromatic rings. The van der Waals surface area contributed by atoms with Crippen molar-refractivity contribution in [2.24, 2.45) is 4.99 Å². The zero-order valence-corrected chi connectivity index (χ0v) is 7.01. The summed E-state index contributed by atoms with van der Waals surface area (Å²) in [7, 11) is 2.10. The lowest BCUT2D eigenvalue weighted by atomic mass is 10.1. The van der Waals surface area contributed by atoms with Crippen LogP contribution >= 0.6 is 0 Å². The van der Waals surface area contributed by atoms with Gasteiger partial charge in [0.2, 0.25) is 0 Å². The Kier molecular flexibility index (Phi) is 2.60. The Labute approximate surface area is 67.9 Å². The van der Waals surface area contributed by atoms with Crippen molar-refractivity contribution in [1.82, 2.24) is 4.90 Å². The maximum atomic E-state index is 3.97. The van der Waals surface area contributed by atoms with Gasteiger partial charge in [-0.3, -0.25) is 4.99 Å². The average Bonchev–Trinajstić information content (AvgIpc) is 2.04. The molecule has 0 radical (unpaired) electrons. The minimum absolute atomic E-state index is 0.956. The number of rotatable bonds is 2. The minimum Gasteiger partial charge on any atom is -0.302 e.